The van der Waals surface area contributed by atoms with Crippen LogP contribution in [0.3, 0.4) is 0 Å². The molecule has 6 rings (SSSR count). The number of nitrogens with zero attached hydrogens (tertiary/aromatic N) is 3. The van der Waals surface area contributed by atoms with Gasteiger partial charge in [0.1, 0.15) is 35.0 Å². The van der Waals surface area contributed by atoms with Crippen molar-refractivity contribution in [3.8, 4) is 22.9 Å². The number of anilines is 1. The monoisotopic (exact) mass is 500 g/mol. The molecule has 1 saturated heterocycles. The molecule has 0 radical (unpaired) electrons. The van der Waals surface area contributed by atoms with Crippen molar-refractivity contribution in [2.24, 2.45) is 0 Å². The minimum absolute atomic E-state index is 0.279. The topological polar surface area (TPSA) is 96.2 Å². The van der Waals surface area contributed by atoms with Gasteiger partial charge in [-0.15, -0.1) is 0 Å². The van der Waals surface area contributed by atoms with E-state index < -0.39 is 0 Å². The highest BCUT2D eigenvalue weighted by molar-refractivity contribution is 7.71. The van der Waals surface area contributed by atoms with Crippen molar-refractivity contribution in [2.45, 2.75) is 6.92 Å². The fraction of sp³-hybridized carbons (Fsp3) is 0.259. The predicted molar refractivity (Wildman–Crippen MR) is 146 cm³/mol. The summed E-state index contributed by atoms with van der Waals surface area (Å²) in [5, 5.41) is 10.1. The van der Waals surface area contributed by atoms with Crippen LogP contribution in [0.4, 0.5) is 5.69 Å². The minimum Gasteiger partial charge on any atom is -0.508 e. The largest absolute Gasteiger partial charge is 0.508 e. The first-order chi connectivity index (χ1) is 17.5. The Balaban J connectivity index is 1.11. The number of aromatic amines is 3. The van der Waals surface area contributed by atoms with Crippen LogP contribution in [0.15, 0.2) is 54.6 Å². The number of piperazine rings is 1. The maximum atomic E-state index is 10.1. The van der Waals surface area contributed by atoms with Crippen molar-refractivity contribution in [1.29, 1.82) is 0 Å². The molecule has 1 aliphatic rings. The Hall–Kier alpha value is -3.82. The van der Waals surface area contributed by atoms with Crippen molar-refractivity contribution in [3.63, 3.8) is 0 Å². The number of H-pyrrole nitrogens is 3. The van der Waals surface area contributed by atoms with Gasteiger partial charge in [-0.05, 0) is 55.0 Å². The van der Waals surface area contributed by atoms with Gasteiger partial charge in [0.15, 0.2) is 4.77 Å². The number of imidazole rings is 2. The van der Waals surface area contributed by atoms with Gasteiger partial charge in [-0.25, -0.2) is 4.98 Å². The lowest BCUT2D eigenvalue weighted by Gasteiger charge is -2.36. The van der Waals surface area contributed by atoms with E-state index in [-0.39, 0.29) is 5.75 Å². The molecule has 0 atom stereocenters. The van der Waals surface area contributed by atoms with Crippen molar-refractivity contribution < 1.29 is 9.84 Å². The van der Waals surface area contributed by atoms with Gasteiger partial charge >= 0.3 is 0 Å². The maximum absolute atomic E-state index is 10.1. The molecule has 5 aromatic rings. The summed E-state index contributed by atoms with van der Waals surface area (Å²) < 4.78 is 6.69. The predicted octanol–water partition coefficient (Wildman–Crippen LogP) is 4.98. The second-order valence-corrected chi connectivity index (χ2v) is 9.60. The van der Waals surface area contributed by atoms with Crippen LogP contribution in [0.25, 0.3) is 33.5 Å². The number of nitrogens with one attached hydrogen (secondary N) is 3. The highest BCUT2D eigenvalue weighted by atomic mass is 32.1. The van der Waals surface area contributed by atoms with Crippen molar-refractivity contribution in [1.82, 2.24) is 24.8 Å². The van der Waals surface area contributed by atoms with Gasteiger partial charge in [-0.1, -0.05) is 24.3 Å². The number of hydrogen-bond acceptors (Lipinski definition) is 6. The quantitative estimate of drug-likeness (QED) is 0.246. The molecule has 36 heavy (non-hydrogen) atoms. The molecule has 1 fully saturated rings. The highest BCUT2D eigenvalue weighted by Gasteiger charge is 2.20. The molecule has 2 aromatic heterocycles. The Morgan fingerprint density at radius 3 is 2.61 bits per heavy atom. The zero-order chi connectivity index (χ0) is 24.6. The summed E-state index contributed by atoms with van der Waals surface area (Å²) in [5.41, 5.74) is 6.70. The molecular formula is C27H28N6O2S. The molecule has 0 spiro atoms. The van der Waals surface area contributed by atoms with Gasteiger partial charge < -0.3 is 29.7 Å². The standard InChI is InChI=1S/C27H28N6O2S/c1-17-8-9-18(16-22(17)34)26-28-19-4-2-6-21(24(19)30-26)33-12-10-32(11-13-33)14-15-35-23-7-3-5-20-25(23)31-27(36)29-20/h2-9,16,34H,10-15H2,1H3,(H,28,30)(H2,29,31,36). The van der Waals surface area contributed by atoms with Crippen molar-refractivity contribution in [3.05, 3.63) is 64.9 Å². The number of aromatic hydroxyl groups is 1. The third-order valence-corrected chi connectivity index (χ3v) is 7.07. The van der Waals surface area contributed by atoms with E-state index in [2.05, 4.69) is 36.9 Å². The van der Waals surface area contributed by atoms with Crippen LogP contribution in [-0.4, -0.2) is 69.3 Å². The normalized spacial score (nSPS) is 14.6. The van der Waals surface area contributed by atoms with Crippen LogP contribution < -0.4 is 9.64 Å². The molecule has 1 aliphatic heterocycles. The van der Waals surface area contributed by atoms with Crippen molar-refractivity contribution in [2.75, 3.05) is 44.2 Å². The number of rotatable bonds is 6. The zero-order valence-electron chi connectivity index (χ0n) is 20.0. The Labute approximate surface area is 213 Å². The molecule has 0 bridgehead atoms. The Kier molecular flexibility index (Phi) is 5.86. The lowest BCUT2D eigenvalue weighted by Crippen LogP contribution is -2.47. The van der Waals surface area contributed by atoms with E-state index in [1.54, 1.807) is 6.07 Å². The van der Waals surface area contributed by atoms with Crippen LogP contribution in [0.2, 0.25) is 0 Å². The fourth-order valence-corrected chi connectivity index (χ4v) is 5.03. The van der Waals surface area contributed by atoms with Gasteiger partial charge in [-0.3, -0.25) is 4.90 Å². The maximum Gasteiger partial charge on any atom is 0.175 e. The van der Waals surface area contributed by atoms with Gasteiger partial charge in [0, 0.05) is 38.3 Å². The number of hydrogen-bond donors (Lipinski definition) is 4. The van der Waals surface area contributed by atoms with E-state index >= 15 is 0 Å². The number of aromatic nitrogens is 4. The molecule has 3 aromatic carbocycles. The number of benzene rings is 3. The summed E-state index contributed by atoms with van der Waals surface area (Å²) in [4.78, 5) is 19.4. The third kappa shape index (κ3) is 4.31. The SMILES string of the molecule is Cc1ccc(-c2nc3c(N4CCN(CCOc5cccc6[nH]c(=S)[nH]c56)CC4)cccc3[nH]2)cc1O. The van der Waals surface area contributed by atoms with E-state index in [0.717, 1.165) is 83.2 Å². The molecule has 4 N–H and O–H groups in total. The summed E-state index contributed by atoms with van der Waals surface area (Å²) in [6.45, 7) is 7.13. The third-order valence-electron chi connectivity index (χ3n) is 6.86. The lowest BCUT2D eigenvalue weighted by molar-refractivity contribution is 0.201. The number of para-hydroxylation sites is 2. The first kappa shape index (κ1) is 22.6. The van der Waals surface area contributed by atoms with Crippen LogP contribution in [0.1, 0.15) is 5.56 Å². The molecule has 0 amide bonds. The number of phenols is 1. The van der Waals surface area contributed by atoms with Gasteiger partial charge in [0.05, 0.1) is 16.7 Å². The molecule has 184 valence electrons. The smallest absolute Gasteiger partial charge is 0.175 e. The summed E-state index contributed by atoms with van der Waals surface area (Å²) in [5.74, 6) is 1.86. The zero-order valence-corrected chi connectivity index (χ0v) is 20.9. The van der Waals surface area contributed by atoms with E-state index in [4.69, 9.17) is 21.9 Å². The molecule has 0 saturated carbocycles. The molecular weight excluding hydrogens is 472 g/mol. The summed E-state index contributed by atoms with van der Waals surface area (Å²) in [6, 6.07) is 17.8. The molecule has 3 heterocycles. The number of phenolic OH excluding ortho intramolecular Hbond substituents is 1. The highest BCUT2D eigenvalue weighted by Crippen LogP contribution is 2.31. The summed E-state index contributed by atoms with van der Waals surface area (Å²) in [6.07, 6.45) is 0. The summed E-state index contributed by atoms with van der Waals surface area (Å²) in [7, 11) is 0. The first-order valence-corrected chi connectivity index (χ1v) is 12.6. The minimum atomic E-state index is 0.279. The molecule has 8 nitrogen and oxygen atoms in total. The Bertz CT molecular complexity index is 1600. The van der Waals surface area contributed by atoms with Crippen LogP contribution in [-0.2, 0) is 0 Å². The van der Waals surface area contributed by atoms with Crippen LogP contribution in [0, 0.1) is 11.7 Å². The number of aryl methyl sites for hydroxylation is 1. The number of ether oxygens (including phenoxy) is 1. The molecule has 0 aliphatic carbocycles. The number of fused-ring (bicyclic) bond motifs is 2. The van der Waals surface area contributed by atoms with Gasteiger partial charge in [0.2, 0.25) is 0 Å². The van der Waals surface area contributed by atoms with Crippen molar-refractivity contribution >= 4 is 40.0 Å². The lowest BCUT2D eigenvalue weighted by atomic mass is 10.1. The Morgan fingerprint density at radius 2 is 1.78 bits per heavy atom. The van der Waals surface area contributed by atoms with Gasteiger partial charge in [-0.2, -0.15) is 0 Å². The van der Waals surface area contributed by atoms with E-state index in [1.165, 1.54) is 0 Å². The molecule has 9 heteroatoms. The fourth-order valence-electron chi connectivity index (χ4n) is 4.81. The first-order valence-electron chi connectivity index (χ1n) is 12.1. The second kappa shape index (κ2) is 9.33. The summed E-state index contributed by atoms with van der Waals surface area (Å²) >= 11 is 5.21. The van der Waals surface area contributed by atoms with E-state index in [9.17, 15) is 5.11 Å². The van der Waals surface area contributed by atoms with Crippen LogP contribution >= 0.6 is 12.2 Å². The second-order valence-electron chi connectivity index (χ2n) is 9.19. The Morgan fingerprint density at radius 1 is 0.972 bits per heavy atom. The van der Waals surface area contributed by atoms with Gasteiger partial charge in [0.25, 0.3) is 0 Å². The average molecular weight is 501 g/mol. The molecule has 0 unspecified atom stereocenters. The average Bonchev–Trinajstić information content (AvgIpc) is 3.49. The van der Waals surface area contributed by atoms with E-state index in [1.807, 2.05) is 43.3 Å². The van der Waals surface area contributed by atoms with E-state index in [0.29, 0.717) is 11.4 Å². The van der Waals surface area contributed by atoms with Crippen LogP contribution in [0.5, 0.6) is 11.5 Å².